The number of nitrogens with zero attached hydrogens (tertiary/aromatic N) is 2. The van der Waals surface area contributed by atoms with Gasteiger partial charge >= 0.3 is 0 Å². The SMILES string of the molecule is Cc1cccc2cc(CN(Cc3cccnc3)C(=O)c3ccc(F)cc3)c(=O)[nH]c12. The summed E-state index contributed by atoms with van der Waals surface area (Å²) in [5, 5.41) is 0.903. The van der Waals surface area contributed by atoms with E-state index in [-0.39, 0.29) is 24.6 Å². The topological polar surface area (TPSA) is 66.1 Å². The van der Waals surface area contributed by atoms with Crippen LogP contribution in [0.5, 0.6) is 0 Å². The first-order valence-corrected chi connectivity index (χ1v) is 9.56. The Bertz CT molecular complexity index is 1250. The zero-order valence-electron chi connectivity index (χ0n) is 16.4. The highest BCUT2D eigenvalue weighted by Crippen LogP contribution is 2.18. The second-order valence-corrected chi connectivity index (χ2v) is 7.19. The average molecular weight is 401 g/mol. The van der Waals surface area contributed by atoms with Crippen molar-refractivity contribution in [3.63, 3.8) is 0 Å². The van der Waals surface area contributed by atoms with E-state index in [4.69, 9.17) is 0 Å². The first kappa shape index (κ1) is 19.5. The molecule has 0 radical (unpaired) electrons. The van der Waals surface area contributed by atoms with Crippen molar-refractivity contribution >= 4 is 16.8 Å². The van der Waals surface area contributed by atoms with Crippen LogP contribution < -0.4 is 5.56 Å². The predicted octanol–water partition coefficient (Wildman–Crippen LogP) is 4.21. The second-order valence-electron chi connectivity index (χ2n) is 7.19. The number of hydrogen-bond donors (Lipinski definition) is 1. The van der Waals surface area contributed by atoms with Crippen molar-refractivity contribution in [1.82, 2.24) is 14.9 Å². The lowest BCUT2D eigenvalue weighted by molar-refractivity contribution is 0.0729. The molecule has 1 N–H and O–H groups in total. The molecule has 2 aromatic carbocycles. The molecule has 6 heteroatoms. The third-order valence-electron chi connectivity index (χ3n) is 5.00. The van der Waals surface area contributed by atoms with Gasteiger partial charge in [-0.3, -0.25) is 14.6 Å². The number of aromatic nitrogens is 2. The molecule has 0 fully saturated rings. The van der Waals surface area contributed by atoms with Gasteiger partial charge in [-0.1, -0.05) is 24.3 Å². The molecule has 1 amide bonds. The van der Waals surface area contributed by atoms with Gasteiger partial charge in [-0.15, -0.1) is 0 Å². The van der Waals surface area contributed by atoms with Gasteiger partial charge in [-0.25, -0.2) is 4.39 Å². The standard InChI is InChI=1S/C24H20FN3O2/c1-16-4-2-6-19-12-20(23(29)27-22(16)19)15-28(14-17-5-3-11-26-13-17)24(30)18-7-9-21(25)10-8-18/h2-13H,14-15H2,1H3,(H,27,29). The van der Waals surface area contributed by atoms with Crippen LogP contribution in [0.2, 0.25) is 0 Å². The van der Waals surface area contributed by atoms with Gasteiger partial charge in [-0.05, 0) is 59.8 Å². The van der Waals surface area contributed by atoms with E-state index in [1.165, 1.54) is 24.3 Å². The molecule has 4 aromatic rings. The summed E-state index contributed by atoms with van der Waals surface area (Å²) in [6.07, 6.45) is 3.34. The summed E-state index contributed by atoms with van der Waals surface area (Å²) >= 11 is 0. The van der Waals surface area contributed by atoms with Crippen LogP contribution in [0.25, 0.3) is 10.9 Å². The van der Waals surface area contributed by atoms with Crippen LogP contribution in [-0.2, 0) is 13.1 Å². The summed E-state index contributed by atoms with van der Waals surface area (Å²) in [4.78, 5) is 34.5. The average Bonchev–Trinajstić information content (AvgIpc) is 2.75. The monoisotopic (exact) mass is 401 g/mol. The number of aromatic amines is 1. The highest BCUT2D eigenvalue weighted by Gasteiger charge is 2.19. The van der Waals surface area contributed by atoms with Crippen molar-refractivity contribution in [2.45, 2.75) is 20.0 Å². The van der Waals surface area contributed by atoms with E-state index in [2.05, 4.69) is 9.97 Å². The van der Waals surface area contributed by atoms with Crippen molar-refractivity contribution in [1.29, 1.82) is 0 Å². The molecular formula is C24H20FN3O2. The number of benzene rings is 2. The largest absolute Gasteiger partial charge is 0.330 e. The van der Waals surface area contributed by atoms with E-state index in [0.717, 1.165) is 22.0 Å². The third-order valence-corrected chi connectivity index (χ3v) is 5.00. The van der Waals surface area contributed by atoms with E-state index in [0.29, 0.717) is 11.1 Å². The molecule has 2 heterocycles. The number of pyridine rings is 2. The fourth-order valence-electron chi connectivity index (χ4n) is 3.44. The molecule has 2 aromatic heterocycles. The molecule has 4 rings (SSSR count). The Hall–Kier alpha value is -3.80. The van der Waals surface area contributed by atoms with Gasteiger partial charge in [0.05, 0.1) is 12.1 Å². The van der Waals surface area contributed by atoms with E-state index in [1.807, 2.05) is 37.3 Å². The fraction of sp³-hybridized carbons (Fsp3) is 0.125. The van der Waals surface area contributed by atoms with E-state index < -0.39 is 5.82 Å². The van der Waals surface area contributed by atoms with Gasteiger partial charge in [-0.2, -0.15) is 0 Å². The molecule has 0 aliphatic carbocycles. The molecule has 0 aliphatic heterocycles. The number of nitrogens with one attached hydrogen (secondary N) is 1. The Kier molecular flexibility index (Phi) is 5.39. The lowest BCUT2D eigenvalue weighted by Gasteiger charge is -2.23. The Labute approximate surface area is 172 Å². The number of para-hydroxylation sites is 1. The minimum absolute atomic E-state index is 0.115. The number of fused-ring (bicyclic) bond motifs is 1. The van der Waals surface area contributed by atoms with Crippen LogP contribution in [0.4, 0.5) is 4.39 Å². The molecule has 0 saturated carbocycles. The van der Waals surface area contributed by atoms with Crippen molar-refractivity contribution < 1.29 is 9.18 Å². The normalized spacial score (nSPS) is 10.9. The van der Waals surface area contributed by atoms with Crippen LogP contribution in [0.3, 0.4) is 0 Å². The van der Waals surface area contributed by atoms with Gasteiger partial charge in [0.1, 0.15) is 5.82 Å². The molecule has 0 spiro atoms. The summed E-state index contributed by atoms with van der Waals surface area (Å²) in [6, 6.07) is 16.7. The molecule has 150 valence electrons. The van der Waals surface area contributed by atoms with Gasteiger partial charge in [0.25, 0.3) is 11.5 Å². The number of amides is 1. The number of aryl methyl sites for hydroxylation is 1. The summed E-state index contributed by atoms with van der Waals surface area (Å²) in [5.74, 6) is -0.700. The number of rotatable bonds is 5. The maximum absolute atomic E-state index is 13.3. The number of carbonyl (C=O) groups excluding carboxylic acids is 1. The Morgan fingerprint density at radius 3 is 2.60 bits per heavy atom. The second kappa shape index (κ2) is 8.29. The van der Waals surface area contributed by atoms with E-state index >= 15 is 0 Å². The van der Waals surface area contributed by atoms with Gasteiger partial charge in [0.15, 0.2) is 0 Å². The molecule has 0 unspecified atom stereocenters. The van der Waals surface area contributed by atoms with Crippen molar-refractivity contribution in [3.8, 4) is 0 Å². The number of hydrogen-bond acceptors (Lipinski definition) is 3. The Morgan fingerprint density at radius 2 is 1.87 bits per heavy atom. The smallest absolute Gasteiger partial charge is 0.254 e. The van der Waals surface area contributed by atoms with Crippen molar-refractivity contribution in [3.05, 3.63) is 111 Å². The highest BCUT2D eigenvalue weighted by molar-refractivity contribution is 5.94. The third kappa shape index (κ3) is 4.12. The molecule has 5 nitrogen and oxygen atoms in total. The van der Waals surface area contributed by atoms with E-state index in [9.17, 15) is 14.0 Å². The quantitative estimate of drug-likeness (QED) is 0.545. The lowest BCUT2D eigenvalue weighted by atomic mass is 10.1. The van der Waals surface area contributed by atoms with Crippen LogP contribution in [0, 0.1) is 12.7 Å². The van der Waals surface area contributed by atoms with Crippen LogP contribution in [-0.4, -0.2) is 20.8 Å². The predicted molar refractivity (Wildman–Crippen MR) is 114 cm³/mol. The van der Waals surface area contributed by atoms with Gasteiger partial charge in [0.2, 0.25) is 0 Å². The fourth-order valence-corrected chi connectivity index (χ4v) is 3.44. The van der Waals surface area contributed by atoms with Crippen molar-refractivity contribution in [2.75, 3.05) is 0 Å². The number of halogens is 1. The minimum Gasteiger partial charge on any atom is -0.330 e. The van der Waals surface area contributed by atoms with Crippen molar-refractivity contribution in [2.24, 2.45) is 0 Å². The molecular weight excluding hydrogens is 381 g/mol. The minimum atomic E-state index is -0.410. The first-order chi connectivity index (χ1) is 14.5. The maximum Gasteiger partial charge on any atom is 0.254 e. The molecule has 30 heavy (non-hydrogen) atoms. The van der Waals surface area contributed by atoms with Crippen LogP contribution in [0.1, 0.15) is 27.0 Å². The zero-order valence-corrected chi connectivity index (χ0v) is 16.4. The van der Waals surface area contributed by atoms with Crippen LogP contribution in [0.15, 0.2) is 77.9 Å². The zero-order chi connectivity index (χ0) is 21.1. The molecule has 0 saturated heterocycles. The Balaban J connectivity index is 1.71. The highest BCUT2D eigenvalue weighted by atomic mass is 19.1. The first-order valence-electron chi connectivity index (χ1n) is 9.56. The summed E-state index contributed by atoms with van der Waals surface area (Å²) < 4.78 is 13.3. The summed E-state index contributed by atoms with van der Waals surface area (Å²) in [7, 11) is 0. The summed E-state index contributed by atoms with van der Waals surface area (Å²) in [5.41, 5.74) is 3.20. The number of H-pyrrole nitrogens is 1. The molecule has 0 atom stereocenters. The van der Waals surface area contributed by atoms with Crippen LogP contribution >= 0.6 is 0 Å². The van der Waals surface area contributed by atoms with Gasteiger partial charge < -0.3 is 9.88 Å². The molecule has 0 aliphatic rings. The van der Waals surface area contributed by atoms with E-state index in [1.54, 1.807) is 23.4 Å². The molecule has 0 bridgehead atoms. The Morgan fingerprint density at radius 1 is 1.07 bits per heavy atom. The van der Waals surface area contributed by atoms with Gasteiger partial charge in [0, 0.05) is 30.1 Å². The lowest BCUT2D eigenvalue weighted by Crippen LogP contribution is -2.32. The maximum atomic E-state index is 13.3. The number of carbonyl (C=O) groups is 1. The summed E-state index contributed by atoms with van der Waals surface area (Å²) in [6.45, 7) is 2.32.